The molecule has 1 amide bonds. The van der Waals surface area contributed by atoms with Gasteiger partial charge in [0.2, 0.25) is 5.91 Å². The van der Waals surface area contributed by atoms with Crippen LogP contribution in [-0.2, 0) is 4.79 Å². The number of hydrogen-bond acceptors (Lipinski definition) is 2. The zero-order valence-corrected chi connectivity index (χ0v) is 5.77. The Hall–Kier alpha value is -1.30. The lowest BCUT2D eigenvalue weighted by Gasteiger charge is -2.10. The fourth-order valence-corrected chi connectivity index (χ4v) is 0.885. The van der Waals surface area contributed by atoms with E-state index in [2.05, 4.69) is 11.9 Å². The summed E-state index contributed by atoms with van der Waals surface area (Å²) >= 11 is 0. The molecule has 0 saturated carbocycles. The van der Waals surface area contributed by atoms with E-state index >= 15 is 0 Å². The van der Waals surface area contributed by atoms with E-state index < -0.39 is 5.41 Å². The van der Waals surface area contributed by atoms with Crippen LogP contribution in [0.5, 0.6) is 0 Å². The standard InChI is InChI=1S/C7H8N2O/c1-5-7(2,4-8)3-6(10)9-5/h1,3H2,2H3,(H,9,10). The summed E-state index contributed by atoms with van der Waals surface area (Å²) in [7, 11) is 0. The molecule has 0 aromatic carbocycles. The number of rotatable bonds is 0. The molecule has 1 unspecified atom stereocenters. The summed E-state index contributed by atoms with van der Waals surface area (Å²) in [6.45, 7) is 5.28. The summed E-state index contributed by atoms with van der Waals surface area (Å²) in [5, 5.41) is 11.1. The fourth-order valence-electron chi connectivity index (χ4n) is 0.885. The number of carbonyl (C=O) groups excluding carboxylic acids is 1. The minimum absolute atomic E-state index is 0.117. The predicted octanol–water partition coefficient (Wildman–Crippen LogP) is 0.550. The Morgan fingerprint density at radius 1 is 1.90 bits per heavy atom. The second-order valence-corrected chi connectivity index (χ2v) is 2.65. The molecule has 52 valence electrons. The molecule has 10 heavy (non-hydrogen) atoms. The molecule has 0 bridgehead atoms. The van der Waals surface area contributed by atoms with Crippen LogP contribution in [0.4, 0.5) is 0 Å². The summed E-state index contributed by atoms with van der Waals surface area (Å²) < 4.78 is 0. The summed E-state index contributed by atoms with van der Waals surface area (Å²) in [6, 6.07) is 2.04. The summed E-state index contributed by atoms with van der Waals surface area (Å²) in [6.07, 6.45) is 0.238. The number of hydrogen-bond donors (Lipinski definition) is 1. The third-order valence-corrected chi connectivity index (χ3v) is 1.72. The molecule has 3 heteroatoms. The van der Waals surface area contributed by atoms with Gasteiger partial charge in [-0.3, -0.25) is 4.79 Å². The van der Waals surface area contributed by atoms with Crippen LogP contribution in [0.2, 0.25) is 0 Å². The first-order valence-corrected chi connectivity index (χ1v) is 2.99. The van der Waals surface area contributed by atoms with Crippen molar-refractivity contribution in [2.24, 2.45) is 5.41 Å². The summed E-state index contributed by atoms with van der Waals surface area (Å²) in [4.78, 5) is 10.7. The average Bonchev–Trinajstić information content (AvgIpc) is 2.09. The highest BCUT2D eigenvalue weighted by Crippen LogP contribution is 2.31. The summed E-state index contributed by atoms with van der Waals surface area (Å²) in [5.74, 6) is -0.117. The molecule has 1 aliphatic heterocycles. The van der Waals surface area contributed by atoms with Crippen LogP contribution in [0.3, 0.4) is 0 Å². The topological polar surface area (TPSA) is 52.9 Å². The van der Waals surface area contributed by atoms with Gasteiger partial charge in [0.1, 0.15) is 5.41 Å². The largest absolute Gasteiger partial charge is 0.329 e. The molecule has 0 aromatic rings. The Labute approximate surface area is 59.3 Å². The molecule has 0 spiro atoms. The quantitative estimate of drug-likeness (QED) is 0.528. The molecule has 0 radical (unpaired) electrons. The predicted molar refractivity (Wildman–Crippen MR) is 35.6 cm³/mol. The van der Waals surface area contributed by atoms with E-state index in [-0.39, 0.29) is 12.3 Å². The van der Waals surface area contributed by atoms with E-state index in [1.54, 1.807) is 6.92 Å². The minimum Gasteiger partial charge on any atom is -0.329 e. The molecule has 1 saturated heterocycles. The molecule has 1 N–H and O–H groups in total. The van der Waals surface area contributed by atoms with Gasteiger partial charge in [0.25, 0.3) is 0 Å². The Morgan fingerprint density at radius 3 is 2.70 bits per heavy atom. The average molecular weight is 136 g/mol. The molecular weight excluding hydrogens is 128 g/mol. The lowest BCUT2D eigenvalue weighted by molar-refractivity contribution is -0.119. The molecule has 0 aromatic heterocycles. The zero-order valence-electron chi connectivity index (χ0n) is 5.77. The number of nitrogens with zero attached hydrogens (tertiary/aromatic N) is 1. The van der Waals surface area contributed by atoms with Crippen molar-refractivity contribution in [3.05, 3.63) is 12.3 Å². The smallest absolute Gasteiger partial charge is 0.226 e. The van der Waals surface area contributed by atoms with Crippen LogP contribution in [-0.4, -0.2) is 5.91 Å². The fraction of sp³-hybridized carbons (Fsp3) is 0.429. The van der Waals surface area contributed by atoms with Gasteiger partial charge in [0.05, 0.1) is 12.5 Å². The highest BCUT2D eigenvalue weighted by Gasteiger charge is 2.37. The number of carbonyl (C=O) groups is 1. The maximum Gasteiger partial charge on any atom is 0.226 e. The van der Waals surface area contributed by atoms with Gasteiger partial charge in [-0.25, -0.2) is 0 Å². The molecule has 1 rings (SSSR count). The lowest BCUT2D eigenvalue weighted by Crippen LogP contribution is -2.14. The van der Waals surface area contributed by atoms with Crippen molar-refractivity contribution in [1.29, 1.82) is 5.26 Å². The second-order valence-electron chi connectivity index (χ2n) is 2.65. The SMILES string of the molecule is C=C1NC(=O)CC1(C)C#N. The second kappa shape index (κ2) is 1.84. The minimum atomic E-state index is -0.683. The molecule has 1 atom stereocenters. The Morgan fingerprint density at radius 2 is 2.50 bits per heavy atom. The van der Waals surface area contributed by atoms with Crippen molar-refractivity contribution in [3.8, 4) is 6.07 Å². The van der Waals surface area contributed by atoms with Gasteiger partial charge in [-0.2, -0.15) is 5.26 Å². The van der Waals surface area contributed by atoms with Gasteiger partial charge in [-0.15, -0.1) is 0 Å². The van der Waals surface area contributed by atoms with Crippen molar-refractivity contribution in [3.63, 3.8) is 0 Å². The highest BCUT2D eigenvalue weighted by molar-refractivity contribution is 5.83. The van der Waals surface area contributed by atoms with Gasteiger partial charge in [-0.05, 0) is 6.92 Å². The van der Waals surface area contributed by atoms with E-state index in [1.165, 1.54) is 0 Å². The van der Waals surface area contributed by atoms with Crippen molar-refractivity contribution in [2.45, 2.75) is 13.3 Å². The first kappa shape index (κ1) is 6.81. The molecule has 1 fully saturated rings. The lowest BCUT2D eigenvalue weighted by atomic mass is 9.89. The third kappa shape index (κ3) is 0.781. The highest BCUT2D eigenvalue weighted by atomic mass is 16.1. The zero-order chi connectivity index (χ0) is 7.78. The van der Waals surface area contributed by atoms with Crippen molar-refractivity contribution in [2.75, 3.05) is 0 Å². The molecule has 1 heterocycles. The monoisotopic (exact) mass is 136 g/mol. The van der Waals surface area contributed by atoms with E-state index in [1.807, 2.05) is 6.07 Å². The number of nitriles is 1. The van der Waals surface area contributed by atoms with E-state index in [4.69, 9.17) is 5.26 Å². The maximum atomic E-state index is 10.7. The Balaban J connectivity index is 2.94. The van der Waals surface area contributed by atoms with Gasteiger partial charge in [0, 0.05) is 5.70 Å². The normalized spacial score (nSPS) is 31.6. The van der Waals surface area contributed by atoms with Crippen LogP contribution >= 0.6 is 0 Å². The molecule has 1 aliphatic rings. The molecule has 3 nitrogen and oxygen atoms in total. The Bertz CT molecular complexity index is 238. The van der Waals surface area contributed by atoms with Crippen molar-refractivity contribution >= 4 is 5.91 Å². The third-order valence-electron chi connectivity index (χ3n) is 1.72. The van der Waals surface area contributed by atoms with Crippen molar-refractivity contribution < 1.29 is 4.79 Å². The number of nitrogens with one attached hydrogen (secondary N) is 1. The van der Waals surface area contributed by atoms with Gasteiger partial charge in [0.15, 0.2) is 0 Å². The van der Waals surface area contributed by atoms with E-state index in [9.17, 15) is 4.79 Å². The number of amides is 1. The first-order valence-electron chi connectivity index (χ1n) is 2.99. The van der Waals surface area contributed by atoms with E-state index in [0.717, 1.165) is 0 Å². The van der Waals surface area contributed by atoms with Gasteiger partial charge >= 0.3 is 0 Å². The maximum absolute atomic E-state index is 10.7. The molecular formula is C7H8N2O. The van der Waals surface area contributed by atoms with Crippen molar-refractivity contribution in [1.82, 2.24) is 5.32 Å². The van der Waals surface area contributed by atoms with Crippen LogP contribution in [0.1, 0.15) is 13.3 Å². The number of allylic oxidation sites excluding steroid dienone is 1. The Kier molecular flexibility index (Phi) is 1.26. The van der Waals surface area contributed by atoms with E-state index in [0.29, 0.717) is 5.70 Å². The van der Waals surface area contributed by atoms with Gasteiger partial charge in [-0.1, -0.05) is 6.58 Å². The van der Waals surface area contributed by atoms with Crippen LogP contribution in [0.25, 0.3) is 0 Å². The van der Waals surface area contributed by atoms with Gasteiger partial charge < -0.3 is 5.32 Å². The van der Waals surface area contributed by atoms with Crippen LogP contribution in [0.15, 0.2) is 12.3 Å². The van der Waals surface area contributed by atoms with Crippen LogP contribution in [0, 0.1) is 16.7 Å². The van der Waals surface area contributed by atoms with Crippen LogP contribution < -0.4 is 5.32 Å². The first-order chi connectivity index (χ1) is 4.58. The molecule has 0 aliphatic carbocycles. The summed E-state index contributed by atoms with van der Waals surface area (Å²) in [5.41, 5.74) is -0.170.